The van der Waals surface area contributed by atoms with Crippen molar-refractivity contribution in [1.29, 1.82) is 0 Å². The second-order valence-corrected chi connectivity index (χ2v) is 7.86. The minimum absolute atomic E-state index is 0.0803. The fourth-order valence-electron chi connectivity index (χ4n) is 3.00. The summed E-state index contributed by atoms with van der Waals surface area (Å²) in [7, 11) is 0. The predicted octanol–water partition coefficient (Wildman–Crippen LogP) is 4.93. The first-order chi connectivity index (χ1) is 14.8. The number of carbonyl (C=O) groups excluding carboxylic acids is 2. The maximum absolute atomic E-state index is 13.1. The van der Waals surface area contributed by atoms with E-state index in [0.717, 1.165) is 16.8 Å². The van der Waals surface area contributed by atoms with Crippen LogP contribution in [0.15, 0.2) is 58.5 Å². The number of amides is 1. The monoisotopic (exact) mass is 435 g/mol. The normalized spacial score (nSPS) is 14.5. The second kappa shape index (κ2) is 8.23. The van der Waals surface area contributed by atoms with Crippen LogP contribution in [0, 0.1) is 19.7 Å². The second-order valence-electron chi connectivity index (χ2n) is 7.02. The summed E-state index contributed by atoms with van der Waals surface area (Å²) in [6.45, 7) is 5.46. The van der Waals surface area contributed by atoms with E-state index in [0.29, 0.717) is 16.4 Å². The van der Waals surface area contributed by atoms with Crippen LogP contribution in [-0.4, -0.2) is 22.8 Å². The molecule has 0 N–H and O–H groups in total. The lowest BCUT2D eigenvalue weighted by molar-refractivity contribution is -0.130. The third-order valence-electron chi connectivity index (χ3n) is 4.76. The highest BCUT2D eigenvalue weighted by atomic mass is 32.1. The summed E-state index contributed by atoms with van der Waals surface area (Å²) in [6, 6.07) is 11.3. The van der Waals surface area contributed by atoms with Gasteiger partial charge >= 0.3 is 5.97 Å². The molecule has 0 bridgehead atoms. The number of hydrogen-bond donors (Lipinski definition) is 0. The van der Waals surface area contributed by atoms with Crippen LogP contribution in [-0.2, 0) is 14.3 Å². The molecular weight excluding hydrogens is 417 g/mol. The molecule has 31 heavy (non-hydrogen) atoms. The van der Waals surface area contributed by atoms with E-state index in [1.807, 2.05) is 32.0 Å². The number of rotatable bonds is 4. The molecule has 0 spiro atoms. The van der Waals surface area contributed by atoms with Gasteiger partial charge in [-0.15, -0.1) is 11.3 Å². The molecule has 6 nitrogen and oxygen atoms in total. The number of carbonyl (C=O) groups is 2. The summed E-state index contributed by atoms with van der Waals surface area (Å²) in [4.78, 5) is 34.7. The molecule has 1 aromatic heterocycles. The number of halogens is 1. The maximum atomic E-state index is 13.1. The van der Waals surface area contributed by atoms with Crippen molar-refractivity contribution < 1.29 is 18.7 Å². The number of ether oxygens (including phenoxy) is 1. The Kier molecular flexibility index (Phi) is 5.48. The first-order valence-corrected chi connectivity index (χ1v) is 10.3. The van der Waals surface area contributed by atoms with Crippen molar-refractivity contribution in [3.63, 3.8) is 0 Å². The minimum Gasteiger partial charge on any atom is -0.402 e. The van der Waals surface area contributed by atoms with Gasteiger partial charge in [0.05, 0.1) is 11.4 Å². The van der Waals surface area contributed by atoms with Gasteiger partial charge in [0.25, 0.3) is 0 Å². The van der Waals surface area contributed by atoms with E-state index in [1.165, 1.54) is 53.5 Å². The van der Waals surface area contributed by atoms with Crippen molar-refractivity contribution in [2.24, 2.45) is 4.99 Å². The van der Waals surface area contributed by atoms with E-state index < -0.39 is 11.8 Å². The van der Waals surface area contributed by atoms with Gasteiger partial charge in [0.15, 0.2) is 10.8 Å². The van der Waals surface area contributed by atoms with Crippen LogP contribution in [0.3, 0.4) is 0 Å². The van der Waals surface area contributed by atoms with Crippen molar-refractivity contribution in [2.45, 2.75) is 20.8 Å². The summed E-state index contributed by atoms with van der Waals surface area (Å²) in [6.07, 6.45) is 1.50. The highest BCUT2D eigenvalue weighted by Gasteiger charge is 2.25. The number of aliphatic imine (C=N–C) groups is 1. The van der Waals surface area contributed by atoms with E-state index in [1.54, 1.807) is 5.38 Å². The molecule has 0 aliphatic carbocycles. The zero-order chi connectivity index (χ0) is 22.1. The lowest BCUT2D eigenvalue weighted by Gasteiger charge is -2.19. The summed E-state index contributed by atoms with van der Waals surface area (Å²) in [5, 5.41) is 2.22. The van der Waals surface area contributed by atoms with Crippen LogP contribution >= 0.6 is 11.3 Å². The summed E-state index contributed by atoms with van der Waals surface area (Å²) < 4.78 is 18.3. The zero-order valence-corrected chi connectivity index (χ0v) is 17.9. The number of aromatic nitrogens is 1. The first kappa shape index (κ1) is 20.6. The molecule has 0 radical (unpaired) electrons. The third kappa shape index (κ3) is 4.29. The number of hydrogen-bond acceptors (Lipinski definition) is 6. The molecular formula is C23H18FN3O3S. The summed E-state index contributed by atoms with van der Waals surface area (Å²) in [5.41, 5.74) is 3.98. The quantitative estimate of drug-likeness (QED) is 0.430. The molecule has 0 fully saturated rings. The average molecular weight is 435 g/mol. The van der Waals surface area contributed by atoms with Crippen LogP contribution in [0.5, 0.6) is 0 Å². The SMILES string of the molecule is CC(=O)N(c1ccc(C)c(C)c1)c1nc(/C=C2\N=C(c3ccc(F)cc3)OC2=O)cs1. The first-order valence-electron chi connectivity index (χ1n) is 9.44. The lowest BCUT2D eigenvalue weighted by Crippen LogP contribution is -2.22. The number of benzene rings is 2. The van der Waals surface area contributed by atoms with E-state index in [9.17, 15) is 14.0 Å². The van der Waals surface area contributed by atoms with Gasteiger partial charge in [0.2, 0.25) is 11.8 Å². The Balaban J connectivity index is 1.63. The van der Waals surface area contributed by atoms with Crippen LogP contribution in [0.25, 0.3) is 6.08 Å². The molecule has 1 amide bonds. The number of esters is 1. The topological polar surface area (TPSA) is 71.9 Å². The molecule has 0 atom stereocenters. The smallest absolute Gasteiger partial charge is 0.363 e. The maximum Gasteiger partial charge on any atom is 0.363 e. The number of aryl methyl sites for hydroxylation is 2. The van der Waals surface area contributed by atoms with Gasteiger partial charge < -0.3 is 4.74 Å². The van der Waals surface area contributed by atoms with Crippen molar-refractivity contribution in [2.75, 3.05) is 4.90 Å². The van der Waals surface area contributed by atoms with Crippen molar-refractivity contribution in [3.8, 4) is 0 Å². The van der Waals surface area contributed by atoms with Crippen LogP contribution < -0.4 is 4.90 Å². The molecule has 1 aliphatic heterocycles. The van der Waals surface area contributed by atoms with E-state index in [4.69, 9.17) is 4.74 Å². The van der Waals surface area contributed by atoms with Crippen molar-refractivity contribution >= 4 is 46.0 Å². The van der Waals surface area contributed by atoms with Gasteiger partial charge in [-0.25, -0.2) is 19.2 Å². The molecule has 4 rings (SSSR count). The Morgan fingerprint density at radius 1 is 1.13 bits per heavy atom. The Morgan fingerprint density at radius 3 is 2.55 bits per heavy atom. The molecule has 1 aliphatic rings. The predicted molar refractivity (Wildman–Crippen MR) is 118 cm³/mol. The fourth-order valence-corrected chi connectivity index (χ4v) is 3.85. The number of cyclic esters (lactones) is 1. The molecule has 8 heteroatoms. The van der Waals surface area contributed by atoms with Crippen LogP contribution in [0.4, 0.5) is 15.2 Å². The zero-order valence-electron chi connectivity index (χ0n) is 17.0. The van der Waals surface area contributed by atoms with E-state index in [-0.39, 0.29) is 17.5 Å². The molecule has 2 heterocycles. The van der Waals surface area contributed by atoms with Crippen molar-refractivity contribution in [3.05, 3.63) is 81.7 Å². The molecule has 2 aromatic carbocycles. The Morgan fingerprint density at radius 2 is 1.87 bits per heavy atom. The highest BCUT2D eigenvalue weighted by Crippen LogP contribution is 2.31. The molecule has 3 aromatic rings. The van der Waals surface area contributed by atoms with Gasteiger partial charge in [-0.1, -0.05) is 6.07 Å². The van der Waals surface area contributed by atoms with Crippen LogP contribution in [0.2, 0.25) is 0 Å². The molecule has 0 unspecified atom stereocenters. The average Bonchev–Trinajstić information content (AvgIpc) is 3.32. The standard InChI is InChI=1S/C23H18FN3O3S/c1-13-4-9-19(10-14(13)2)27(15(3)28)23-25-18(12-31-23)11-20-22(29)30-21(26-20)16-5-7-17(24)8-6-16/h4-12H,1-3H3/b20-11-. The Bertz CT molecular complexity index is 1250. The Hall–Kier alpha value is -3.65. The number of thiazole rings is 1. The largest absolute Gasteiger partial charge is 0.402 e. The van der Waals surface area contributed by atoms with E-state index in [2.05, 4.69) is 9.98 Å². The van der Waals surface area contributed by atoms with Gasteiger partial charge in [-0.05, 0) is 67.4 Å². The van der Waals surface area contributed by atoms with Gasteiger partial charge in [0.1, 0.15) is 5.82 Å². The number of anilines is 2. The van der Waals surface area contributed by atoms with Crippen LogP contribution in [0.1, 0.15) is 29.3 Å². The van der Waals surface area contributed by atoms with Crippen molar-refractivity contribution in [1.82, 2.24) is 4.98 Å². The third-order valence-corrected chi connectivity index (χ3v) is 5.60. The Labute approximate surface area is 182 Å². The van der Waals surface area contributed by atoms with Gasteiger partial charge in [0, 0.05) is 17.9 Å². The minimum atomic E-state index is -0.619. The fraction of sp³-hybridized carbons (Fsp3) is 0.130. The highest BCUT2D eigenvalue weighted by molar-refractivity contribution is 7.14. The van der Waals surface area contributed by atoms with E-state index >= 15 is 0 Å². The molecule has 0 saturated carbocycles. The molecule has 156 valence electrons. The van der Waals surface area contributed by atoms with Gasteiger partial charge in [-0.3, -0.25) is 9.69 Å². The molecule has 0 saturated heterocycles. The summed E-state index contributed by atoms with van der Waals surface area (Å²) >= 11 is 1.28. The lowest BCUT2D eigenvalue weighted by atomic mass is 10.1. The number of nitrogens with zero attached hydrogens (tertiary/aromatic N) is 3. The van der Waals surface area contributed by atoms with Gasteiger partial charge in [-0.2, -0.15) is 0 Å². The summed E-state index contributed by atoms with van der Waals surface area (Å²) in [5.74, 6) is -1.08.